The summed E-state index contributed by atoms with van der Waals surface area (Å²) in [5, 5.41) is 7.36. The first kappa shape index (κ1) is 10.6. The Morgan fingerprint density at radius 2 is 2.25 bits per heavy atom. The standard InChI is InChI=1S/C11H13FN4/c1-8(9-5-10(12)7-13-6-9)14-11-3-4-16(2)15-11/h3-8H,1-2H3,(H,14,15). The Kier molecular flexibility index (Phi) is 2.85. The minimum absolute atomic E-state index is 0.0295. The number of anilines is 1. The minimum atomic E-state index is -0.327. The van der Waals surface area contributed by atoms with Crippen LogP contribution in [0.25, 0.3) is 0 Å². The van der Waals surface area contributed by atoms with Crippen molar-refractivity contribution in [2.24, 2.45) is 7.05 Å². The summed E-state index contributed by atoms with van der Waals surface area (Å²) in [6, 6.07) is 3.30. The van der Waals surface area contributed by atoms with Crippen molar-refractivity contribution in [3.63, 3.8) is 0 Å². The van der Waals surface area contributed by atoms with E-state index in [9.17, 15) is 4.39 Å². The fourth-order valence-corrected chi connectivity index (χ4v) is 1.46. The minimum Gasteiger partial charge on any atom is -0.362 e. The third kappa shape index (κ3) is 2.36. The molecule has 5 heteroatoms. The smallest absolute Gasteiger partial charge is 0.148 e. The van der Waals surface area contributed by atoms with Gasteiger partial charge in [-0.2, -0.15) is 5.10 Å². The Morgan fingerprint density at radius 1 is 1.44 bits per heavy atom. The van der Waals surface area contributed by atoms with E-state index in [1.165, 1.54) is 12.3 Å². The highest BCUT2D eigenvalue weighted by Crippen LogP contribution is 2.17. The Balaban J connectivity index is 2.11. The number of hydrogen-bond acceptors (Lipinski definition) is 3. The summed E-state index contributed by atoms with van der Waals surface area (Å²) in [5.41, 5.74) is 0.797. The second-order valence-corrected chi connectivity index (χ2v) is 3.68. The number of nitrogens with zero attached hydrogens (tertiary/aromatic N) is 3. The van der Waals surface area contributed by atoms with Crippen LogP contribution in [0.15, 0.2) is 30.7 Å². The van der Waals surface area contributed by atoms with Crippen LogP contribution in [0.5, 0.6) is 0 Å². The molecule has 0 amide bonds. The molecule has 1 unspecified atom stereocenters. The number of pyridine rings is 1. The molecule has 1 N–H and O–H groups in total. The summed E-state index contributed by atoms with van der Waals surface area (Å²) in [6.45, 7) is 1.94. The van der Waals surface area contributed by atoms with E-state index in [0.29, 0.717) is 0 Å². The van der Waals surface area contributed by atoms with Crippen LogP contribution in [-0.2, 0) is 7.05 Å². The molecule has 0 aliphatic heterocycles. The van der Waals surface area contributed by atoms with Crippen molar-refractivity contribution in [3.8, 4) is 0 Å². The number of halogens is 1. The molecular formula is C11H13FN4. The van der Waals surface area contributed by atoms with Gasteiger partial charge in [0, 0.05) is 25.5 Å². The lowest BCUT2D eigenvalue weighted by molar-refractivity contribution is 0.616. The van der Waals surface area contributed by atoms with Crippen molar-refractivity contribution < 1.29 is 4.39 Å². The zero-order valence-corrected chi connectivity index (χ0v) is 9.18. The van der Waals surface area contributed by atoms with Gasteiger partial charge in [0.1, 0.15) is 11.6 Å². The lowest BCUT2D eigenvalue weighted by atomic mass is 10.1. The van der Waals surface area contributed by atoms with Crippen LogP contribution in [0.3, 0.4) is 0 Å². The molecule has 0 saturated heterocycles. The second kappa shape index (κ2) is 4.30. The van der Waals surface area contributed by atoms with Gasteiger partial charge in [0.2, 0.25) is 0 Å². The largest absolute Gasteiger partial charge is 0.362 e. The molecule has 0 aromatic carbocycles. The molecule has 0 saturated carbocycles. The van der Waals surface area contributed by atoms with Crippen LogP contribution in [-0.4, -0.2) is 14.8 Å². The molecule has 0 spiro atoms. The highest BCUT2D eigenvalue weighted by molar-refractivity contribution is 5.36. The third-order valence-electron chi connectivity index (χ3n) is 2.30. The highest BCUT2D eigenvalue weighted by Gasteiger charge is 2.07. The average molecular weight is 220 g/mol. The zero-order valence-electron chi connectivity index (χ0n) is 9.18. The van der Waals surface area contributed by atoms with Gasteiger partial charge in [0.05, 0.1) is 12.2 Å². The number of aromatic nitrogens is 3. The van der Waals surface area contributed by atoms with Crippen molar-refractivity contribution in [3.05, 3.63) is 42.1 Å². The molecule has 0 fully saturated rings. The summed E-state index contributed by atoms with van der Waals surface area (Å²) in [4.78, 5) is 3.81. The summed E-state index contributed by atoms with van der Waals surface area (Å²) in [5.74, 6) is 0.437. The van der Waals surface area contributed by atoms with Crippen LogP contribution < -0.4 is 5.32 Å². The Labute approximate surface area is 93.1 Å². The molecule has 16 heavy (non-hydrogen) atoms. The zero-order chi connectivity index (χ0) is 11.5. The van der Waals surface area contributed by atoms with Gasteiger partial charge in [-0.05, 0) is 18.6 Å². The second-order valence-electron chi connectivity index (χ2n) is 3.68. The van der Waals surface area contributed by atoms with E-state index in [1.54, 1.807) is 10.9 Å². The molecule has 0 aliphatic carbocycles. The molecular weight excluding hydrogens is 207 g/mol. The van der Waals surface area contributed by atoms with Crippen LogP contribution in [0.1, 0.15) is 18.5 Å². The summed E-state index contributed by atoms with van der Waals surface area (Å²) in [7, 11) is 1.85. The molecule has 0 radical (unpaired) electrons. The van der Waals surface area contributed by atoms with Gasteiger partial charge in [-0.25, -0.2) is 4.39 Å². The maximum atomic E-state index is 13.0. The first-order chi connectivity index (χ1) is 7.65. The van der Waals surface area contributed by atoms with Gasteiger partial charge in [0.15, 0.2) is 0 Å². The van der Waals surface area contributed by atoms with Gasteiger partial charge >= 0.3 is 0 Å². The molecule has 0 aliphatic rings. The molecule has 2 aromatic rings. The van der Waals surface area contributed by atoms with Gasteiger partial charge in [-0.1, -0.05) is 0 Å². The van der Waals surface area contributed by atoms with E-state index in [2.05, 4.69) is 15.4 Å². The van der Waals surface area contributed by atoms with Crippen molar-refractivity contribution in [2.45, 2.75) is 13.0 Å². The summed E-state index contributed by atoms with van der Waals surface area (Å²) < 4.78 is 14.7. The predicted octanol–water partition coefficient (Wildman–Crippen LogP) is 2.13. The van der Waals surface area contributed by atoms with E-state index in [4.69, 9.17) is 0 Å². The fraction of sp³-hybridized carbons (Fsp3) is 0.273. The van der Waals surface area contributed by atoms with Gasteiger partial charge in [0.25, 0.3) is 0 Å². The maximum Gasteiger partial charge on any atom is 0.148 e. The van der Waals surface area contributed by atoms with Crippen LogP contribution in [0.4, 0.5) is 10.2 Å². The SMILES string of the molecule is CC(Nc1ccn(C)n1)c1cncc(F)c1. The van der Waals surface area contributed by atoms with Crippen LogP contribution >= 0.6 is 0 Å². The summed E-state index contributed by atoms with van der Waals surface area (Å²) in [6.07, 6.45) is 4.68. The average Bonchev–Trinajstić information content (AvgIpc) is 2.64. The lowest BCUT2D eigenvalue weighted by Gasteiger charge is -2.12. The molecule has 4 nitrogen and oxygen atoms in total. The summed E-state index contributed by atoms with van der Waals surface area (Å²) >= 11 is 0. The van der Waals surface area contributed by atoms with Crippen molar-refractivity contribution in [1.29, 1.82) is 0 Å². The highest BCUT2D eigenvalue weighted by atomic mass is 19.1. The monoisotopic (exact) mass is 220 g/mol. The molecule has 0 bridgehead atoms. The normalized spacial score (nSPS) is 12.4. The van der Waals surface area contributed by atoms with Crippen LogP contribution in [0, 0.1) is 5.82 Å². The molecule has 1 atom stereocenters. The number of nitrogens with one attached hydrogen (secondary N) is 1. The van der Waals surface area contributed by atoms with E-state index < -0.39 is 0 Å². The Hall–Kier alpha value is -1.91. The number of rotatable bonds is 3. The Bertz CT molecular complexity index is 480. The first-order valence-corrected chi connectivity index (χ1v) is 5.02. The molecule has 2 aromatic heterocycles. The van der Waals surface area contributed by atoms with E-state index in [1.807, 2.05) is 26.2 Å². The number of aryl methyl sites for hydroxylation is 1. The molecule has 2 heterocycles. The molecule has 84 valence electrons. The predicted molar refractivity (Wildman–Crippen MR) is 59.4 cm³/mol. The van der Waals surface area contributed by atoms with Crippen molar-refractivity contribution >= 4 is 5.82 Å². The fourth-order valence-electron chi connectivity index (χ4n) is 1.46. The van der Waals surface area contributed by atoms with E-state index in [-0.39, 0.29) is 11.9 Å². The van der Waals surface area contributed by atoms with Gasteiger partial charge < -0.3 is 5.32 Å². The lowest BCUT2D eigenvalue weighted by Crippen LogP contribution is -2.08. The third-order valence-corrected chi connectivity index (χ3v) is 2.30. The number of hydrogen-bond donors (Lipinski definition) is 1. The van der Waals surface area contributed by atoms with Gasteiger partial charge in [-0.3, -0.25) is 9.67 Å². The maximum absolute atomic E-state index is 13.0. The molecule has 2 rings (SSSR count). The Morgan fingerprint density at radius 3 is 2.88 bits per heavy atom. The van der Waals surface area contributed by atoms with Crippen molar-refractivity contribution in [2.75, 3.05) is 5.32 Å². The van der Waals surface area contributed by atoms with E-state index >= 15 is 0 Å². The van der Waals surface area contributed by atoms with Gasteiger partial charge in [-0.15, -0.1) is 0 Å². The van der Waals surface area contributed by atoms with Crippen LogP contribution in [0.2, 0.25) is 0 Å². The quantitative estimate of drug-likeness (QED) is 0.861. The first-order valence-electron chi connectivity index (χ1n) is 5.02. The topological polar surface area (TPSA) is 42.7 Å². The van der Waals surface area contributed by atoms with E-state index in [0.717, 1.165) is 11.4 Å². The van der Waals surface area contributed by atoms with Crippen molar-refractivity contribution in [1.82, 2.24) is 14.8 Å².